The molecule has 0 aliphatic carbocycles. The summed E-state index contributed by atoms with van der Waals surface area (Å²) in [5.74, 6) is -0.584. The minimum Gasteiger partial charge on any atom is -0.490 e. The number of nitrogens with zero attached hydrogens (tertiary/aromatic N) is 1. The number of halogens is 4. The van der Waals surface area contributed by atoms with Crippen molar-refractivity contribution in [3.8, 4) is 17.2 Å². The normalized spacial score (nSPS) is 14.0. The zero-order valence-corrected chi connectivity index (χ0v) is 26.6. The van der Waals surface area contributed by atoms with Crippen molar-refractivity contribution in [1.82, 2.24) is 5.32 Å². The molecule has 0 atom stereocenters. The Balaban J connectivity index is 1.35. The van der Waals surface area contributed by atoms with Gasteiger partial charge in [0.1, 0.15) is 24.5 Å². The standard InChI is InChI=1S/C33H24Cl4N2O6/c1-2-43-29-16-21(15-28(37)30(29)45-18-20-5-12-26(35)27(36)14-20)13-25-31(40)38-33(42)39(32(25)41)23-8-10-24(11-9-23)44-17-19-3-6-22(34)7-4-19/h3-16H,2,17-18H2,1H3,(H,38,40,42)/b25-13+. The van der Waals surface area contributed by atoms with Gasteiger partial charge in [0.15, 0.2) is 11.5 Å². The zero-order chi connectivity index (χ0) is 32.1. The van der Waals surface area contributed by atoms with Crippen LogP contribution >= 0.6 is 46.4 Å². The summed E-state index contributed by atoms with van der Waals surface area (Å²) >= 11 is 24.6. The summed E-state index contributed by atoms with van der Waals surface area (Å²) in [7, 11) is 0. The van der Waals surface area contributed by atoms with E-state index in [0.29, 0.717) is 45.3 Å². The lowest BCUT2D eigenvalue weighted by Gasteiger charge is -2.26. The molecule has 0 aromatic heterocycles. The van der Waals surface area contributed by atoms with Crippen LogP contribution in [-0.4, -0.2) is 24.5 Å². The SMILES string of the molecule is CCOc1cc(/C=C2\C(=O)NC(=O)N(c3ccc(OCc4ccc(Cl)cc4)cc3)C2=O)cc(Cl)c1OCc1ccc(Cl)c(Cl)c1. The Labute approximate surface area is 279 Å². The predicted molar refractivity (Wildman–Crippen MR) is 175 cm³/mol. The van der Waals surface area contributed by atoms with Gasteiger partial charge in [-0.3, -0.25) is 14.9 Å². The molecule has 12 heteroatoms. The number of barbiturate groups is 1. The van der Waals surface area contributed by atoms with Gasteiger partial charge in [-0.2, -0.15) is 0 Å². The van der Waals surface area contributed by atoms with E-state index in [1.165, 1.54) is 12.1 Å². The van der Waals surface area contributed by atoms with E-state index in [1.54, 1.807) is 67.6 Å². The highest BCUT2D eigenvalue weighted by Crippen LogP contribution is 2.38. The molecule has 4 aromatic rings. The molecule has 0 unspecified atom stereocenters. The number of urea groups is 1. The minimum absolute atomic E-state index is 0.125. The average Bonchev–Trinajstić information content (AvgIpc) is 3.01. The van der Waals surface area contributed by atoms with Crippen molar-refractivity contribution < 1.29 is 28.6 Å². The largest absolute Gasteiger partial charge is 0.490 e. The molecular formula is C33H24Cl4N2O6. The molecule has 45 heavy (non-hydrogen) atoms. The molecule has 4 aromatic carbocycles. The first kappa shape index (κ1) is 32.2. The highest BCUT2D eigenvalue weighted by atomic mass is 35.5. The first-order chi connectivity index (χ1) is 21.6. The Kier molecular flexibility index (Phi) is 10.2. The van der Waals surface area contributed by atoms with Crippen molar-refractivity contribution in [2.45, 2.75) is 20.1 Å². The molecule has 5 rings (SSSR count). The number of ether oxygens (including phenoxy) is 3. The van der Waals surface area contributed by atoms with Crippen LogP contribution in [0.5, 0.6) is 17.2 Å². The van der Waals surface area contributed by atoms with Gasteiger partial charge >= 0.3 is 6.03 Å². The monoisotopic (exact) mass is 684 g/mol. The van der Waals surface area contributed by atoms with E-state index >= 15 is 0 Å². The molecule has 1 N–H and O–H groups in total. The molecule has 8 nitrogen and oxygen atoms in total. The second-order valence-electron chi connectivity index (χ2n) is 9.67. The number of carbonyl (C=O) groups excluding carboxylic acids is 3. The third-order valence-electron chi connectivity index (χ3n) is 6.53. The molecule has 0 saturated carbocycles. The van der Waals surface area contributed by atoms with Gasteiger partial charge in [0.2, 0.25) is 0 Å². The predicted octanol–water partition coefficient (Wildman–Crippen LogP) is 8.52. The fourth-order valence-electron chi connectivity index (χ4n) is 4.36. The minimum atomic E-state index is -0.879. The van der Waals surface area contributed by atoms with E-state index in [4.69, 9.17) is 60.6 Å². The van der Waals surface area contributed by atoms with Crippen LogP contribution in [-0.2, 0) is 22.8 Å². The Hall–Kier alpha value is -4.21. The van der Waals surface area contributed by atoms with Gasteiger partial charge < -0.3 is 14.2 Å². The Bertz CT molecular complexity index is 1790. The Morgan fingerprint density at radius 1 is 0.733 bits per heavy atom. The number of nitrogens with one attached hydrogen (secondary N) is 1. The summed E-state index contributed by atoms with van der Waals surface area (Å²) in [6, 6.07) is 20.9. The molecule has 1 heterocycles. The van der Waals surface area contributed by atoms with Gasteiger partial charge in [-0.05, 0) is 90.4 Å². The highest BCUT2D eigenvalue weighted by molar-refractivity contribution is 6.42. The van der Waals surface area contributed by atoms with Crippen LogP contribution in [0.25, 0.3) is 6.08 Å². The molecule has 230 valence electrons. The number of hydrogen-bond acceptors (Lipinski definition) is 6. The maximum absolute atomic E-state index is 13.5. The summed E-state index contributed by atoms with van der Waals surface area (Å²) in [5, 5.41) is 3.83. The smallest absolute Gasteiger partial charge is 0.335 e. The lowest BCUT2D eigenvalue weighted by Crippen LogP contribution is -2.54. The van der Waals surface area contributed by atoms with Gasteiger partial charge in [0.25, 0.3) is 11.8 Å². The first-order valence-corrected chi connectivity index (χ1v) is 15.1. The van der Waals surface area contributed by atoms with Gasteiger partial charge in [0, 0.05) is 5.02 Å². The van der Waals surface area contributed by atoms with Gasteiger partial charge in [-0.1, -0.05) is 64.6 Å². The van der Waals surface area contributed by atoms with Crippen LogP contribution in [0, 0.1) is 0 Å². The third-order valence-corrected chi connectivity index (χ3v) is 7.80. The Morgan fingerprint density at radius 2 is 1.42 bits per heavy atom. The van der Waals surface area contributed by atoms with E-state index in [-0.39, 0.29) is 28.6 Å². The quantitative estimate of drug-likeness (QED) is 0.133. The molecule has 1 aliphatic heterocycles. The lowest BCUT2D eigenvalue weighted by molar-refractivity contribution is -0.122. The number of benzene rings is 4. The molecule has 0 radical (unpaired) electrons. The number of hydrogen-bond donors (Lipinski definition) is 1. The van der Waals surface area contributed by atoms with E-state index in [9.17, 15) is 14.4 Å². The fourth-order valence-corrected chi connectivity index (χ4v) is 5.08. The Morgan fingerprint density at radius 3 is 2.11 bits per heavy atom. The van der Waals surface area contributed by atoms with Crippen LogP contribution in [0.15, 0.2) is 84.4 Å². The molecule has 0 bridgehead atoms. The van der Waals surface area contributed by atoms with E-state index in [0.717, 1.165) is 16.0 Å². The average molecular weight is 686 g/mol. The molecular weight excluding hydrogens is 662 g/mol. The number of rotatable bonds is 10. The summed E-state index contributed by atoms with van der Waals surface area (Å²) in [6.07, 6.45) is 1.33. The van der Waals surface area contributed by atoms with Crippen LogP contribution in [0.4, 0.5) is 10.5 Å². The van der Waals surface area contributed by atoms with Crippen molar-refractivity contribution in [2.75, 3.05) is 11.5 Å². The van der Waals surface area contributed by atoms with Crippen molar-refractivity contribution in [3.63, 3.8) is 0 Å². The molecule has 1 fully saturated rings. The number of imide groups is 2. The number of anilines is 1. The summed E-state index contributed by atoms with van der Waals surface area (Å²) in [6.45, 7) is 2.50. The van der Waals surface area contributed by atoms with E-state index < -0.39 is 17.8 Å². The second-order valence-corrected chi connectivity index (χ2v) is 11.3. The maximum atomic E-state index is 13.5. The molecule has 1 saturated heterocycles. The molecule has 0 spiro atoms. The molecule has 4 amide bonds. The highest BCUT2D eigenvalue weighted by Gasteiger charge is 2.37. The number of carbonyl (C=O) groups is 3. The summed E-state index contributed by atoms with van der Waals surface area (Å²) < 4.78 is 17.5. The van der Waals surface area contributed by atoms with E-state index in [2.05, 4.69) is 5.32 Å². The van der Waals surface area contributed by atoms with Crippen molar-refractivity contribution in [1.29, 1.82) is 0 Å². The van der Waals surface area contributed by atoms with Crippen LogP contribution in [0.3, 0.4) is 0 Å². The summed E-state index contributed by atoms with van der Waals surface area (Å²) in [4.78, 5) is 39.9. The topological polar surface area (TPSA) is 94.2 Å². The maximum Gasteiger partial charge on any atom is 0.335 e. The summed E-state index contributed by atoms with van der Waals surface area (Å²) in [5.41, 5.74) is 2.02. The van der Waals surface area contributed by atoms with Crippen LogP contribution in [0.1, 0.15) is 23.6 Å². The van der Waals surface area contributed by atoms with Gasteiger partial charge in [0.05, 0.1) is 27.4 Å². The van der Waals surface area contributed by atoms with Crippen molar-refractivity contribution in [3.05, 3.63) is 121 Å². The number of amides is 4. The second kappa shape index (κ2) is 14.3. The third kappa shape index (κ3) is 7.72. The first-order valence-electron chi connectivity index (χ1n) is 13.5. The van der Waals surface area contributed by atoms with Crippen LogP contribution in [0.2, 0.25) is 20.1 Å². The zero-order valence-electron chi connectivity index (χ0n) is 23.6. The van der Waals surface area contributed by atoms with Gasteiger partial charge in [-0.25, -0.2) is 9.69 Å². The van der Waals surface area contributed by atoms with Gasteiger partial charge in [-0.15, -0.1) is 0 Å². The van der Waals surface area contributed by atoms with E-state index in [1.807, 2.05) is 12.1 Å². The molecule has 1 aliphatic rings. The fraction of sp³-hybridized carbons (Fsp3) is 0.121. The van der Waals surface area contributed by atoms with Crippen LogP contribution < -0.4 is 24.4 Å². The lowest BCUT2D eigenvalue weighted by atomic mass is 10.1. The van der Waals surface area contributed by atoms with Crippen molar-refractivity contribution in [2.24, 2.45) is 0 Å². The van der Waals surface area contributed by atoms with Crippen molar-refractivity contribution >= 4 is 76.0 Å².